The Labute approximate surface area is 121 Å². The summed E-state index contributed by atoms with van der Waals surface area (Å²) in [7, 11) is 0. The number of hydrogen-bond acceptors (Lipinski definition) is 4. The van der Waals surface area contributed by atoms with E-state index in [0.29, 0.717) is 6.42 Å². The van der Waals surface area contributed by atoms with Gasteiger partial charge in [-0.2, -0.15) is 0 Å². The largest absolute Gasteiger partial charge is 0.461 e. The van der Waals surface area contributed by atoms with Gasteiger partial charge in [0.15, 0.2) is 0 Å². The van der Waals surface area contributed by atoms with Gasteiger partial charge in [-0.15, -0.1) is 0 Å². The van der Waals surface area contributed by atoms with E-state index >= 15 is 0 Å². The molecule has 2 heterocycles. The first kappa shape index (κ1) is 15.0. The molecule has 1 saturated heterocycles. The molecule has 1 atom stereocenters. The predicted molar refractivity (Wildman–Crippen MR) is 80.4 cm³/mol. The average Bonchev–Trinajstić information content (AvgIpc) is 2.70. The topological polar surface area (TPSA) is 50.4 Å². The Morgan fingerprint density at radius 1 is 1.15 bits per heavy atom. The molecule has 2 aliphatic rings. The molecule has 1 fully saturated rings. The molecule has 0 spiro atoms. The van der Waals surface area contributed by atoms with E-state index in [1.165, 1.54) is 5.57 Å². The van der Waals surface area contributed by atoms with Crippen LogP contribution in [0.5, 0.6) is 0 Å². The molecule has 0 aromatic rings. The van der Waals surface area contributed by atoms with Crippen LogP contribution in [-0.4, -0.2) is 37.7 Å². The van der Waals surface area contributed by atoms with E-state index in [9.17, 15) is 4.79 Å². The summed E-state index contributed by atoms with van der Waals surface area (Å²) < 4.78 is 5.62. The van der Waals surface area contributed by atoms with Crippen molar-refractivity contribution in [2.45, 2.75) is 37.8 Å². The van der Waals surface area contributed by atoms with Gasteiger partial charge in [-0.25, -0.2) is 0 Å². The van der Waals surface area contributed by atoms with Gasteiger partial charge in [0.2, 0.25) is 0 Å². The van der Waals surface area contributed by atoms with Gasteiger partial charge < -0.3 is 15.4 Å². The fraction of sp³-hybridized carbons (Fsp3) is 0.562. The zero-order valence-corrected chi connectivity index (χ0v) is 12.0. The zero-order valence-electron chi connectivity index (χ0n) is 12.0. The van der Waals surface area contributed by atoms with Crippen molar-refractivity contribution >= 4 is 5.97 Å². The van der Waals surface area contributed by atoms with Crippen molar-refractivity contribution in [1.29, 1.82) is 0 Å². The van der Waals surface area contributed by atoms with Crippen molar-refractivity contribution in [2.24, 2.45) is 0 Å². The number of ether oxygens (including phenoxy) is 1. The fourth-order valence-corrected chi connectivity index (χ4v) is 2.74. The smallest absolute Gasteiger partial charge is 0.323 e. The summed E-state index contributed by atoms with van der Waals surface area (Å²) in [6, 6.07) is -0.268. The predicted octanol–water partition coefficient (Wildman–Crippen LogP) is 1.70. The lowest BCUT2D eigenvalue weighted by Crippen LogP contribution is -2.41. The standard InChI is InChI=1S/C16H24N2O2/c1-3-12-5-10-18-15(11-13(12)4-2)16(19)20-14-6-8-17-9-7-14/h3-4,14-15,17-18H,1-2,5-11H2/t15-/m0/s1. The molecule has 2 rings (SSSR count). The molecule has 2 N–H and O–H groups in total. The van der Waals surface area contributed by atoms with E-state index in [-0.39, 0.29) is 18.1 Å². The Morgan fingerprint density at radius 3 is 2.50 bits per heavy atom. The fourth-order valence-electron chi connectivity index (χ4n) is 2.74. The van der Waals surface area contributed by atoms with Crippen LogP contribution in [0.4, 0.5) is 0 Å². The van der Waals surface area contributed by atoms with E-state index in [1.807, 2.05) is 12.2 Å². The minimum Gasteiger partial charge on any atom is -0.461 e. The lowest BCUT2D eigenvalue weighted by Gasteiger charge is -2.25. The minimum absolute atomic E-state index is 0.0591. The Hall–Kier alpha value is -1.39. The third kappa shape index (κ3) is 3.81. The molecule has 20 heavy (non-hydrogen) atoms. The molecule has 0 radical (unpaired) electrons. The number of carbonyl (C=O) groups is 1. The van der Waals surface area contributed by atoms with Crippen molar-refractivity contribution in [3.63, 3.8) is 0 Å². The molecule has 4 nitrogen and oxygen atoms in total. The van der Waals surface area contributed by atoms with Crippen molar-refractivity contribution in [2.75, 3.05) is 19.6 Å². The van der Waals surface area contributed by atoms with Crippen LogP contribution >= 0.6 is 0 Å². The highest BCUT2D eigenvalue weighted by Crippen LogP contribution is 2.21. The van der Waals surface area contributed by atoms with Gasteiger partial charge in [0, 0.05) is 0 Å². The number of nitrogens with one attached hydrogen (secondary N) is 2. The number of allylic oxidation sites excluding steroid dienone is 2. The molecule has 4 heteroatoms. The van der Waals surface area contributed by atoms with E-state index in [1.54, 1.807) is 0 Å². The number of carbonyl (C=O) groups excluding carboxylic acids is 1. The molecule has 0 aromatic heterocycles. The summed E-state index contributed by atoms with van der Waals surface area (Å²) in [5.74, 6) is -0.137. The SMILES string of the molecule is C=CC1=C(C=C)C[C@@H](C(=O)OC2CCNCC2)NCC1. The third-order valence-corrected chi connectivity index (χ3v) is 3.97. The summed E-state index contributed by atoms with van der Waals surface area (Å²) >= 11 is 0. The summed E-state index contributed by atoms with van der Waals surface area (Å²) in [6.45, 7) is 10.3. The second-order valence-electron chi connectivity index (χ2n) is 5.31. The first-order chi connectivity index (χ1) is 9.74. The highest BCUT2D eigenvalue weighted by atomic mass is 16.5. The molecule has 0 saturated carbocycles. The monoisotopic (exact) mass is 276 g/mol. The summed E-state index contributed by atoms with van der Waals surface area (Å²) in [4.78, 5) is 12.3. The average molecular weight is 276 g/mol. The maximum atomic E-state index is 12.3. The van der Waals surface area contributed by atoms with Gasteiger partial charge >= 0.3 is 5.97 Å². The van der Waals surface area contributed by atoms with Crippen LogP contribution in [0, 0.1) is 0 Å². The quantitative estimate of drug-likeness (QED) is 0.767. The van der Waals surface area contributed by atoms with E-state index in [2.05, 4.69) is 23.8 Å². The lowest BCUT2D eigenvalue weighted by molar-refractivity contribution is -0.152. The summed E-state index contributed by atoms with van der Waals surface area (Å²) in [5, 5.41) is 6.54. The molecule has 0 aliphatic carbocycles. The Kier molecular flexibility index (Phi) is 5.56. The second-order valence-corrected chi connectivity index (χ2v) is 5.31. The van der Waals surface area contributed by atoms with E-state index < -0.39 is 0 Å². The van der Waals surface area contributed by atoms with Crippen molar-refractivity contribution < 1.29 is 9.53 Å². The molecule has 0 bridgehead atoms. The van der Waals surface area contributed by atoms with Crippen LogP contribution in [-0.2, 0) is 9.53 Å². The molecular formula is C16H24N2O2. The van der Waals surface area contributed by atoms with E-state index in [0.717, 1.165) is 44.5 Å². The maximum absolute atomic E-state index is 12.3. The van der Waals surface area contributed by atoms with Crippen molar-refractivity contribution in [3.8, 4) is 0 Å². The van der Waals surface area contributed by atoms with Crippen molar-refractivity contribution in [1.82, 2.24) is 10.6 Å². The van der Waals surface area contributed by atoms with Crippen molar-refractivity contribution in [3.05, 3.63) is 36.5 Å². The Morgan fingerprint density at radius 2 is 1.85 bits per heavy atom. The Bertz CT molecular complexity index is 409. The van der Waals surface area contributed by atoms with Crippen LogP contribution in [0.3, 0.4) is 0 Å². The molecule has 110 valence electrons. The highest BCUT2D eigenvalue weighted by molar-refractivity contribution is 5.76. The molecule has 0 unspecified atom stereocenters. The number of hydrogen-bond donors (Lipinski definition) is 2. The van der Waals surface area contributed by atoms with Crippen LogP contribution in [0.15, 0.2) is 36.5 Å². The molecular weight excluding hydrogens is 252 g/mol. The summed E-state index contributed by atoms with van der Waals surface area (Å²) in [5.41, 5.74) is 2.27. The number of esters is 1. The molecule has 0 aromatic carbocycles. The van der Waals surface area contributed by atoms with Gasteiger partial charge in [0.05, 0.1) is 0 Å². The third-order valence-electron chi connectivity index (χ3n) is 3.97. The van der Waals surface area contributed by atoms with Gasteiger partial charge in [-0.05, 0) is 56.5 Å². The lowest BCUT2D eigenvalue weighted by atomic mass is 10.0. The normalized spacial score (nSPS) is 24.9. The van der Waals surface area contributed by atoms with Crippen LogP contribution < -0.4 is 10.6 Å². The van der Waals surface area contributed by atoms with Crippen LogP contribution in [0.25, 0.3) is 0 Å². The highest BCUT2D eigenvalue weighted by Gasteiger charge is 2.26. The summed E-state index contributed by atoms with van der Waals surface area (Å²) in [6.07, 6.45) is 7.06. The first-order valence-electron chi connectivity index (χ1n) is 7.36. The van der Waals surface area contributed by atoms with Crippen LogP contribution in [0.1, 0.15) is 25.7 Å². The van der Waals surface area contributed by atoms with Crippen LogP contribution in [0.2, 0.25) is 0 Å². The van der Waals surface area contributed by atoms with E-state index in [4.69, 9.17) is 4.74 Å². The molecule has 0 amide bonds. The second kappa shape index (κ2) is 7.41. The maximum Gasteiger partial charge on any atom is 0.323 e. The van der Waals surface area contributed by atoms with Gasteiger partial charge in [-0.1, -0.05) is 25.3 Å². The number of rotatable bonds is 4. The molecule has 2 aliphatic heterocycles. The number of piperidine rings is 1. The Balaban J connectivity index is 1.97. The van der Waals surface area contributed by atoms with Gasteiger partial charge in [0.25, 0.3) is 0 Å². The first-order valence-corrected chi connectivity index (χ1v) is 7.36. The van der Waals surface area contributed by atoms with Gasteiger partial charge in [0.1, 0.15) is 12.1 Å². The van der Waals surface area contributed by atoms with Gasteiger partial charge in [-0.3, -0.25) is 4.79 Å². The zero-order chi connectivity index (χ0) is 14.4. The minimum atomic E-state index is -0.268.